The van der Waals surface area contributed by atoms with Gasteiger partial charge < -0.3 is 5.32 Å². The molecule has 0 atom stereocenters. The lowest BCUT2D eigenvalue weighted by Crippen LogP contribution is -2.23. The fraction of sp³-hybridized carbons (Fsp3) is 0.200. The molecule has 2 aromatic heterocycles. The zero-order valence-electron chi connectivity index (χ0n) is 18.2. The van der Waals surface area contributed by atoms with Crippen molar-refractivity contribution in [3.05, 3.63) is 88.5 Å². The summed E-state index contributed by atoms with van der Waals surface area (Å²) in [6, 6.07) is 16.8. The number of aryl methyl sites for hydroxylation is 1. The molecule has 4 aromatic rings. The van der Waals surface area contributed by atoms with Gasteiger partial charge in [0, 0.05) is 11.9 Å². The summed E-state index contributed by atoms with van der Waals surface area (Å²) in [7, 11) is 0. The Bertz CT molecular complexity index is 1330. The highest BCUT2D eigenvalue weighted by Gasteiger charge is 2.16. The van der Waals surface area contributed by atoms with Gasteiger partial charge in [-0.25, -0.2) is 4.98 Å². The van der Waals surface area contributed by atoms with E-state index in [1.807, 2.05) is 37.3 Å². The fourth-order valence-corrected chi connectivity index (χ4v) is 4.38. The molecule has 6 nitrogen and oxygen atoms in total. The van der Waals surface area contributed by atoms with Crippen LogP contribution >= 0.6 is 11.8 Å². The molecule has 0 bridgehead atoms. The minimum atomic E-state index is -0.187. The smallest absolute Gasteiger partial charge is 0.266 e. The highest BCUT2D eigenvalue weighted by molar-refractivity contribution is 7.99. The van der Waals surface area contributed by atoms with Crippen LogP contribution in [0.2, 0.25) is 0 Å². The Morgan fingerprint density at radius 2 is 1.91 bits per heavy atom. The van der Waals surface area contributed by atoms with Crippen LogP contribution in [0.3, 0.4) is 0 Å². The maximum Gasteiger partial charge on any atom is 0.266 e. The van der Waals surface area contributed by atoms with Gasteiger partial charge in [0.25, 0.3) is 5.56 Å². The molecule has 7 heteroatoms. The summed E-state index contributed by atoms with van der Waals surface area (Å²) in [4.78, 5) is 34.9. The standard InChI is InChI=1S/C25H24N4O2S/c1-16(2)19-11-6-8-17(3)23(19)28-22(30)15-32-25-27-21-12-5-4-10-20(21)24(31)29(25)18-9-7-13-26-14-18/h4-14,16H,15H2,1-3H3,(H,28,30). The number of hydrogen-bond acceptors (Lipinski definition) is 5. The number of para-hydroxylation sites is 2. The van der Waals surface area contributed by atoms with Crippen molar-refractivity contribution < 1.29 is 4.79 Å². The van der Waals surface area contributed by atoms with Crippen molar-refractivity contribution in [1.29, 1.82) is 0 Å². The van der Waals surface area contributed by atoms with E-state index in [4.69, 9.17) is 0 Å². The predicted octanol–water partition coefficient (Wildman–Crippen LogP) is 4.94. The van der Waals surface area contributed by atoms with Gasteiger partial charge in [0.2, 0.25) is 5.91 Å². The van der Waals surface area contributed by atoms with Gasteiger partial charge in [-0.1, -0.05) is 55.9 Å². The van der Waals surface area contributed by atoms with Gasteiger partial charge >= 0.3 is 0 Å². The number of hydrogen-bond donors (Lipinski definition) is 1. The molecule has 2 heterocycles. The Labute approximate surface area is 190 Å². The van der Waals surface area contributed by atoms with Gasteiger partial charge in [0.1, 0.15) is 0 Å². The van der Waals surface area contributed by atoms with Gasteiger partial charge in [-0.15, -0.1) is 0 Å². The van der Waals surface area contributed by atoms with Gasteiger partial charge in [-0.05, 0) is 48.2 Å². The zero-order valence-corrected chi connectivity index (χ0v) is 19.0. The Kier molecular flexibility index (Phi) is 6.37. The molecule has 0 radical (unpaired) electrons. The third-order valence-corrected chi connectivity index (χ3v) is 6.11. The summed E-state index contributed by atoms with van der Waals surface area (Å²) < 4.78 is 1.51. The van der Waals surface area contributed by atoms with E-state index in [-0.39, 0.29) is 23.1 Å². The van der Waals surface area contributed by atoms with E-state index in [9.17, 15) is 9.59 Å². The third-order valence-electron chi connectivity index (χ3n) is 5.17. The second-order valence-corrected chi connectivity index (χ2v) is 8.74. The molecule has 2 aromatic carbocycles. The Hall–Kier alpha value is -3.45. The second kappa shape index (κ2) is 9.36. The quantitative estimate of drug-likeness (QED) is 0.337. The van der Waals surface area contributed by atoms with Gasteiger partial charge in [0.15, 0.2) is 5.16 Å². The Morgan fingerprint density at radius 1 is 1.09 bits per heavy atom. The number of fused-ring (bicyclic) bond motifs is 1. The largest absolute Gasteiger partial charge is 0.325 e. The molecule has 1 amide bonds. The average molecular weight is 445 g/mol. The van der Waals surface area contributed by atoms with Crippen molar-refractivity contribution >= 4 is 34.3 Å². The summed E-state index contributed by atoms with van der Waals surface area (Å²) in [6.45, 7) is 6.19. The van der Waals surface area contributed by atoms with Crippen LogP contribution in [0.5, 0.6) is 0 Å². The van der Waals surface area contributed by atoms with Crippen LogP contribution in [-0.2, 0) is 4.79 Å². The monoisotopic (exact) mass is 444 g/mol. The predicted molar refractivity (Wildman–Crippen MR) is 130 cm³/mol. The van der Waals surface area contributed by atoms with Crippen LogP contribution in [-0.4, -0.2) is 26.2 Å². The number of amides is 1. The Balaban J connectivity index is 1.65. The van der Waals surface area contributed by atoms with E-state index < -0.39 is 0 Å². The van der Waals surface area contributed by atoms with Crippen molar-refractivity contribution in [2.75, 3.05) is 11.1 Å². The molecule has 0 aliphatic heterocycles. The molecule has 162 valence electrons. The van der Waals surface area contributed by atoms with Crippen LogP contribution in [0.4, 0.5) is 5.69 Å². The minimum absolute atomic E-state index is 0.122. The van der Waals surface area contributed by atoms with Crippen LogP contribution < -0.4 is 10.9 Å². The fourth-order valence-electron chi connectivity index (χ4n) is 3.57. The number of thioether (sulfide) groups is 1. The molecule has 4 rings (SSSR count). The number of pyridine rings is 1. The van der Waals surface area contributed by atoms with E-state index in [0.29, 0.717) is 21.7 Å². The maximum absolute atomic E-state index is 13.2. The molecule has 0 aliphatic rings. The number of rotatable bonds is 6. The highest BCUT2D eigenvalue weighted by atomic mass is 32.2. The van der Waals surface area contributed by atoms with Gasteiger partial charge in [-0.2, -0.15) is 0 Å². The van der Waals surface area contributed by atoms with Crippen molar-refractivity contribution in [1.82, 2.24) is 14.5 Å². The molecular weight excluding hydrogens is 420 g/mol. The number of nitrogens with zero attached hydrogens (tertiary/aromatic N) is 3. The van der Waals surface area contributed by atoms with Crippen molar-refractivity contribution in [3.63, 3.8) is 0 Å². The summed E-state index contributed by atoms with van der Waals surface area (Å²) >= 11 is 1.23. The topological polar surface area (TPSA) is 76.9 Å². The number of carbonyl (C=O) groups excluding carboxylic acids is 1. The van der Waals surface area contributed by atoms with Crippen LogP contribution in [0, 0.1) is 6.92 Å². The molecule has 32 heavy (non-hydrogen) atoms. The number of aromatic nitrogens is 3. The number of anilines is 1. The molecule has 0 spiro atoms. The molecule has 0 unspecified atom stereocenters. The lowest BCUT2D eigenvalue weighted by Gasteiger charge is -2.17. The summed E-state index contributed by atoms with van der Waals surface area (Å²) in [5, 5.41) is 4.02. The minimum Gasteiger partial charge on any atom is -0.325 e. The number of benzene rings is 2. The first kappa shape index (κ1) is 21.8. The summed E-state index contributed by atoms with van der Waals surface area (Å²) in [6.07, 6.45) is 3.27. The van der Waals surface area contributed by atoms with Crippen LogP contribution in [0.15, 0.2) is 76.9 Å². The first-order valence-corrected chi connectivity index (χ1v) is 11.4. The molecule has 0 aliphatic carbocycles. The summed E-state index contributed by atoms with van der Waals surface area (Å²) in [5.74, 6) is 0.263. The van der Waals surface area contributed by atoms with Crippen LogP contribution in [0.1, 0.15) is 30.9 Å². The van der Waals surface area contributed by atoms with E-state index >= 15 is 0 Å². The molecule has 0 saturated heterocycles. The maximum atomic E-state index is 13.2. The highest BCUT2D eigenvalue weighted by Crippen LogP contribution is 2.28. The molecule has 0 saturated carbocycles. The number of carbonyl (C=O) groups is 1. The lowest BCUT2D eigenvalue weighted by molar-refractivity contribution is -0.113. The Morgan fingerprint density at radius 3 is 2.66 bits per heavy atom. The van der Waals surface area contributed by atoms with Crippen molar-refractivity contribution in [3.8, 4) is 5.69 Å². The molecule has 0 fully saturated rings. The third kappa shape index (κ3) is 4.43. The van der Waals surface area contributed by atoms with E-state index in [0.717, 1.165) is 16.8 Å². The molecule has 1 N–H and O–H groups in total. The zero-order chi connectivity index (χ0) is 22.7. The van der Waals surface area contributed by atoms with Crippen molar-refractivity contribution in [2.24, 2.45) is 0 Å². The average Bonchev–Trinajstić information content (AvgIpc) is 2.79. The first-order chi connectivity index (χ1) is 15.5. The summed E-state index contributed by atoms with van der Waals surface area (Å²) in [5.41, 5.74) is 3.99. The van der Waals surface area contributed by atoms with E-state index in [1.165, 1.54) is 16.3 Å². The molecular formula is C25H24N4O2S. The van der Waals surface area contributed by atoms with Crippen LogP contribution in [0.25, 0.3) is 16.6 Å². The van der Waals surface area contributed by atoms with Gasteiger partial charge in [-0.3, -0.25) is 19.1 Å². The van der Waals surface area contributed by atoms with Gasteiger partial charge in [0.05, 0.1) is 28.5 Å². The van der Waals surface area contributed by atoms with E-state index in [2.05, 4.69) is 29.1 Å². The second-order valence-electron chi connectivity index (χ2n) is 7.79. The van der Waals surface area contributed by atoms with Crippen molar-refractivity contribution in [2.45, 2.75) is 31.8 Å². The lowest BCUT2D eigenvalue weighted by atomic mass is 9.98. The number of nitrogens with one attached hydrogen (secondary N) is 1. The SMILES string of the molecule is Cc1cccc(C(C)C)c1NC(=O)CSc1nc2ccccc2c(=O)n1-c1cccnc1. The first-order valence-electron chi connectivity index (χ1n) is 10.4. The van der Waals surface area contributed by atoms with E-state index in [1.54, 1.807) is 36.7 Å². The normalized spacial score (nSPS) is 11.1.